The first-order valence-corrected chi connectivity index (χ1v) is 16.8. The van der Waals surface area contributed by atoms with Crippen LogP contribution in [0.5, 0.6) is 0 Å². The normalized spacial score (nSPS) is 14.3. The molecule has 1 fully saturated rings. The number of rotatable bonds is 9. The molecule has 5 aromatic carbocycles. The number of hydrogen-bond donors (Lipinski definition) is 0. The maximum atomic E-state index is 4.95. The van der Waals surface area contributed by atoms with Crippen LogP contribution in [0.2, 0.25) is 0 Å². The molecule has 1 saturated carbocycles. The summed E-state index contributed by atoms with van der Waals surface area (Å²) in [6.45, 7) is 7.84. The smallest absolute Gasteiger partial charge is 0.164 e. The molecule has 0 saturated heterocycles. The Kier molecular flexibility index (Phi) is 9.02. The van der Waals surface area contributed by atoms with Gasteiger partial charge in [0.05, 0.1) is 0 Å². The lowest BCUT2D eigenvalue weighted by Crippen LogP contribution is -2.30. The lowest BCUT2D eigenvalue weighted by Gasteiger charge is -2.39. The summed E-state index contributed by atoms with van der Waals surface area (Å²) in [5.74, 6) is 2.03. The SMILES string of the molecule is C=C/C=C(\C=C)c1cccc(-c2ccc(C3(c4ccc(-c5nc(-c6ccccc6)nc(-c6ccccc6)n5)cc4)CCCCC3)cc2)c1. The molecule has 7 rings (SSSR count). The Labute approximate surface area is 284 Å². The molecule has 0 bridgehead atoms. The van der Waals surface area contributed by atoms with E-state index in [0.29, 0.717) is 17.5 Å². The molecule has 3 heteroatoms. The van der Waals surface area contributed by atoms with Gasteiger partial charge in [-0.2, -0.15) is 0 Å². The molecule has 3 nitrogen and oxygen atoms in total. The lowest BCUT2D eigenvalue weighted by molar-refractivity contribution is 0.346. The lowest BCUT2D eigenvalue weighted by atomic mass is 9.65. The van der Waals surface area contributed by atoms with Crippen molar-refractivity contribution in [2.24, 2.45) is 0 Å². The van der Waals surface area contributed by atoms with Crippen LogP contribution in [-0.4, -0.2) is 15.0 Å². The zero-order chi connectivity index (χ0) is 32.8. The van der Waals surface area contributed by atoms with E-state index in [2.05, 4.69) is 86.0 Å². The molecule has 1 heterocycles. The van der Waals surface area contributed by atoms with Crippen LogP contribution < -0.4 is 0 Å². The third-order valence-electron chi connectivity index (χ3n) is 9.59. The van der Waals surface area contributed by atoms with Gasteiger partial charge < -0.3 is 0 Å². The predicted octanol–water partition coefficient (Wildman–Crippen LogP) is 11.5. The highest BCUT2D eigenvalue weighted by Crippen LogP contribution is 2.45. The van der Waals surface area contributed by atoms with Crippen molar-refractivity contribution in [3.8, 4) is 45.3 Å². The van der Waals surface area contributed by atoms with E-state index >= 15 is 0 Å². The number of hydrogen-bond acceptors (Lipinski definition) is 3. The van der Waals surface area contributed by atoms with Gasteiger partial charge >= 0.3 is 0 Å². The topological polar surface area (TPSA) is 38.7 Å². The standard InChI is InChI=1S/C45H39N3/c1-3-15-33(4-2)38-20-14-21-39(32-38)34-22-26-40(27-23-34)45(30-12-7-13-31-45)41-28-24-37(25-29-41)44-47-42(35-16-8-5-9-17-35)46-43(48-44)36-18-10-6-11-19-36/h3-6,8-11,14-29,32H,1-2,7,12-13,30-31H2/b33-15+. The minimum absolute atomic E-state index is 0.0244. The van der Waals surface area contributed by atoms with Crippen molar-refractivity contribution >= 4 is 5.57 Å². The van der Waals surface area contributed by atoms with E-state index in [1.165, 1.54) is 41.5 Å². The van der Waals surface area contributed by atoms with Crippen molar-refractivity contribution in [3.05, 3.63) is 182 Å². The molecule has 0 N–H and O–H groups in total. The largest absolute Gasteiger partial charge is 0.208 e. The van der Waals surface area contributed by atoms with Gasteiger partial charge in [-0.1, -0.05) is 178 Å². The van der Waals surface area contributed by atoms with Gasteiger partial charge in [0.2, 0.25) is 0 Å². The van der Waals surface area contributed by atoms with Crippen molar-refractivity contribution in [1.29, 1.82) is 0 Å². The first kappa shape index (κ1) is 31.0. The maximum Gasteiger partial charge on any atom is 0.164 e. The summed E-state index contributed by atoms with van der Waals surface area (Å²) in [6, 6.07) is 47.2. The summed E-state index contributed by atoms with van der Waals surface area (Å²) in [7, 11) is 0. The summed E-state index contributed by atoms with van der Waals surface area (Å²) < 4.78 is 0. The molecule has 1 aromatic heterocycles. The molecule has 0 spiro atoms. The van der Waals surface area contributed by atoms with Crippen molar-refractivity contribution in [1.82, 2.24) is 15.0 Å². The fourth-order valence-electron chi connectivity index (χ4n) is 7.04. The fraction of sp³-hybridized carbons (Fsp3) is 0.133. The Morgan fingerprint density at radius 3 is 1.48 bits per heavy atom. The monoisotopic (exact) mass is 621 g/mol. The Hall–Kier alpha value is -5.67. The van der Waals surface area contributed by atoms with Gasteiger partial charge in [0.1, 0.15) is 0 Å². The number of allylic oxidation sites excluding steroid dienone is 4. The number of aromatic nitrogens is 3. The molecule has 6 aromatic rings. The molecule has 0 atom stereocenters. The van der Waals surface area contributed by atoms with Gasteiger partial charge in [-0.05, 0) is 52.3 Å². The molecule has 0 radical (unpaired) electrons. The second-order valence-corrected chi connectivity index (χ2v) is 12.5. The Bertz CT molecular complexity index is 1990. The highest BCUT2D eigenvalue weighted by atomic mass is 15.0. The maximum absolute atomic E-state index is 4.95. The zero-order valence-corrected chi connectivity index (χ0v) is 27.2. The van der Waals surface area contributed by atoms with E-state index in [0.717, 1.165) is 40.7 Å². The molecule has 234 valence electrons. The predicted molar refractivity (Wildman–Crippen MR) is 200 cm³/mol. The quantitative estimate of drug-likeness (QED) is 0.151. The Morgan fingerprint density at radius 2 is 0.979 bits per heavy atom. The molecule has 0 aliphatic heterocycles. The van der Waals surface area contributed by atoms with E-state index in [1.807, 2.05) is 78.9 Å². The zero-order valence-electron chi connectivity index (χ0n) is 27.2. The van der Waals surface area contributed by atoms with Gasteiger partial charge in [-0.25, -0.2) is 15.0 Å². The third kappa shape index (κ3) is 6.32. The minimum atomic E-state index is -0.0244. The van der Waals surface area contributed by atoms with Crippen LogP contribution in [0.1, 0.15) is 48.8 Å². The molecular formula is C45H39N3. The van der Waals surface area contributed by atoms with Gasteiger partial charge in [0.25, 0.3) is 0 Å². The van der Waals surface area contributed by atoms with Gasteiger partial charge in [-0.15, -0.1) is 0 Å². The highest BCUT2D eigenvalue weighted by Gasteiger charge is 2.35. The Morgan fingerprint density at radius 1 is 0.500 bits per heavy atom. The summed E-state index contributed by atoms with van der Waals surface area (Å²) in [5.41, 5.74) is 10.3. The van der Waals surface area contributed by atoms with Crippen molar-refractivity contribution in [3.63, 3.8) is 0 Å². The van der Waals surface area contributed by atoms with Crippen LogP contribution in [0.25, 0.3) is 50.9 Å². The minimum Gasteiger partial charge on any atom is -0.208 e. The molecule has 1 aliphatic rings. The van der Waals surface area contributed by atoms with Crippen LogP contribution in [0.15, 0.2) is 165 Å². The highest BCUT2D eigenvalue weighted by molar-refractivity contribution is 5.78. The van der Waals surface area contributed by atoms with E-state index < -0.39 is 0 Å². The van der Waals surface area contributed by atoms with Crippen LogP contribution in [0.3, 0.4) is 0 Å². The van der Waals surface area contributed by atoms with Crippen LogP contribution in [-0.2, 0) is 5.41 Å². The average Bonchev–Trinajstić information content (AvgIpc) is 3.18. The fourth-order valence-corrected chi connectivity index (χ4v) is 7.04. The van der Waals surface area contributed by atoms with Gasteiger partial charge in [-0.3, -0.25) is 0 Å². The second-order valence-electron chi connectivity index (χ2n) is 12.5. The van der Waals surface area contributed by atoms with E-state index in [1.54, 1.807) is 0 Å². The second kappa shape index (κ2) is 14.0. The van der Waals surface area contributed by atoms with Crippen molar-refractivity contribution in [2.75, 3.05) is 0 Å². The first-order chi connectivity index (χ1) is 23.7. The van der Waals surface area contributed by atoms with Gasteiger partial charge in [0, 0.05) is 22.1 Å². The van der Waals surface area contributed by atoms with Crippen molar-refractivity contribution < 1.29 is 0 Å². The number of benzene rings is 5. The molecular weight excluding hydrogens is 583 g/mol. The van der Waals surface area contributed by atoms with Crippen LogP contribution >= 0.6 is 0 Å². The molecule has 0 amide bonds. The summed E-state index contributed by atoms with van der Waals surface area (Å²) in [5, 5.41) is 0. The van der Waals surface area contributed by atoms with Gasteiger partial charge in [0.15, 0.2) is 17.5 Å². The Balaban J connectivity index is 1.23. The summed E-state index contributed by atoms with van der Waals surface area (Å²) in [6.07, 6.45) is 11.7. The van der Waals surface area contributed by atoms with Crippen LogP contribution in [0.4, 0.5) is 0 Å². The van der Waals surface area contributed by atoms with Crippen LogP contribution in [0, 0.1) is 0 Å². The summed E-state index contributed by atoms with van der Waals surface area (Å²) >= 11 is 0. The molecule has 1 aliphatic carbocycles. The average molecular weight is 622 g/mol. The first-order valence-electron chi connectivity index (χ1n) is 16.8. The summed E-state index contributed by atoms with van der Waals surface area (Å²) in [4.78, 5) is 14.8. The molecule has 48 heavy (non-hydrogen) atoms. The number of nitrogens with zero attached hydrogens (tertiary/aromatic N) is 3. The molecule has 0 unspecified atom stereocenters. The van der Waals surface area contributed by atoms with Crippen molar-refractivity contribution in [2.45, 2.75) is 37.5 Å². The third-order valence-corrected chi connectivity index (χ3v) is 9.59. The van der Waals surface area contributed by atoms with E-state index in [-0.39, 0.29) is 5.41 Å². The van der Waals surface area contributed by atoms with E-state index in [4.69, 9.17) is 15.0 Å². The van der Waals surface area contributed by atoms with E-state index in [9.17, 15) is 0 Å².